The van der Waals surface area contributed by atoms with Gasteiger partial charge in [0.2, 0.25) is 5.83 Å². The van der Waals surface area contributed by atoms with Crippen LogP contribution in [-0.2, 0) is 0 Å². The van der Waals surface area contributed by atoms with Crippen molar-refractivity contribution in [1.29, 1.82) is 0 Å². The second-order valence-corrected chi connectivity index (χ2v) is 3.27. The molecule has 0 aliphatic carbocycles. The number of halogens is 6. The number of hydrogen-bond acceptors (Lipinski definition) is 1. The summed E-state index contributed by atoms with van der Waals surface area (Å²) in [6.45, 7) is 0. The predicted octanol–water partition coefficient (Wildman–Crippen LogP) is 4.09. The van der Waals surface area contributed by atoms with E-state index in [2.05, 4.69) is 0 Å². The molecule has 0 heterocycles. The molecule has 16 heavy (non-hydrogen) atoms. The Morgan fingerprint density at radius 3 is 2.19 bits per heavy atom. The Kier molecular flexibility index (Phi) is 3.42. The van der Waals surface area contributed by atoms with Crippen molar-refractivity contribution in [3.8, 4) is 0 Å². The van der Waals surface area contributed by atoms with E-state index < -0.39 is 28.4 Å². The van der Waals surface area contributed by atoms with Crippen LogP contribution in [0.25, 0.3) is 5.83 Å². The summed E-state index contributed by atoms with van der Waals surface area (Å²) < 4.78 is 61.2. The van der Waals surface area contributed by atoms with Crippen molar-refractivity contribution < 1.29 is 22.0 Å². The molecule has 0 unspecified atom stereocenters. The lowest BCUT2D eigenvalue weighted by molar-refractivity contribution is -0.108. The van der Waals surface area contributed by atoms with E-state index in [1.807, 2.05) is 0 Å². The number of nitrogen functional groups attached to an aromatic ring is 1. The highest BCUT2D eigenvalue weighted by Crippen LogP contribution is 2.36. The Hall–Kier alpha value is -1.30. The lowest BCUT2D eigenvalue weighted by Gasteiger charge is -2.07. The Bertz CT molecular complexity index is 438. The van der Waals surface area contributed by atoms with Crippen LogP contribution in [0.4, 0.5) is 27.6 Å². The highest BCUT2D eigenvalue weighted by molar-refractivity contribution is 6.32. The molecule has 88 valence electrons. The molecule has 0 atom stereocenters. The summed E-state index contributed by atoms with van der Waals surface area (Å²) in [6, 6.07) is 3.02. The van der Waals surface area contributed by atoms with Crippen LogP contribution in [0.5, 0.6) is 0 Å². The van der Waals surface area contributed by atoms with Crippen LogP contribution in [-0.4, -0.2) is 6.18 Å². The third-order valence-corrected chi connectivity index (χ3v) is 1.98. The molecule has 1 rings (SSSR count). The Morgan fingerprint density at radius 2 is 1.75 bits per heavy atom. The summed E-state index contributed by atoms with van der Waals surface area (Å²) in [5.41, 5.74) is 4.69. The molecule has 0 aliphatic heterocycles. The minimum atomic E-state index is -5.38. The molecule has 1 aromatic carbocycles. The first kappa shape index (κ1) is 12.8. The van der Waals surface area contributed by atoms with Crippen LogP contribution in [0.1, 0.15) is 5.56 Å². The SMILES string of the molecule is Nc1ccc(/C(F)=C(/F)C(F)(F)F)c(Cl)c1. The maximum Gasteiger partial charge on any atom is 0.445 e. The lowest BCUT2D eigenvalue weighted by atomic mass is 10.1. The number of rotatable bonds is 1. The van der Waals surface area contributed by atoms with Crippen molar-refractivity contribution in [2.45, 2.75) is 6.18 Å². The van der Waals surface area contributed by atoms with Gasteiger partial charge in [-0.25, -0.2) is 4.39 Å². The molecule has 0 aliphatic rings. The highest BCUT2D eigenvalue weighted by Gasteiger charge is 2.38. The molecular formula is C9H5ClF5N. The molecule has 2 N–H and O–H groups in total. The fraction of sp³-hybridized carbons (Fsp3) is 0.111. The van der Waals surface area contributed by atoms with Crippen LogP contribution in [0.15, 0.2) is 24.0 Å². The normalized spacial score (nSPS) is 13.6. The minimum absolute atomic E-state index is 0.133. The van der Waals surface area contributed by atoms with E-state index in [1.165, 1.54) is 0 Å². The van der Waals surface area contributed by atoms with E-state index in [-0.39, 0.29) is 5.69 Å². The summed E-state index contributed by atoms with van der Waals surface area (Å²) in [5, 5.41) is -0.392. The first-order valence-corrected chi connectivity index (χ1v) is 4.29. The van der Waals surface area contributed by atoms with Crippen molar-refractivity contribution in [2.75, 3.05) is 5.73 Å². The third-order valence-electron chi connectivity index (χ3n) is 1.67. The van der Waals surface area contributed by atoms with E-state index >= 15 is 0 Å². The molecule has 0 saturated carbocycles. The number of nitrogens with two attached hydrogens (primary N) is 1. The summed E-state index contributed by atoms with van der Waals surface area (Å²) in [5.74, 6) is -4.88. The monoisotopic (exact) mass is 257 g/mol. The van der Waals surface area contributed by atoms with Crippen LogP contribution >= 0.6 is 11.6 Å². The summed E-state index contributed by atoms with van der Waals surface area (Å²) in [4.78, 5) is 0. The zero-order valence-corrected chi connectivity index (χ0v) is 8.33. The van der Waals surface area contributed by atoms with Crippen molar-refractivity contribution in [3.05, 3.63) is 34.6 Å². The molecule has 0 radical (unpaired) electrons. The van der Waals surface area contributed by atoms with Gasteiger partial charge in [-0.3, -0.25) is 0 Å². The largest absolute Gasteiger partial charge is 0.445 e. The van der Waals surface area contributed by atoms with Crippen molar-refractivity contribution in [3.63, 3.8) is 0 Å². The van der Waals surface area contributed by atoms with E-state index in [0.29, 0.717) is 0 Å². The highest BCUT2D eigenvalue weighted by atomic mass is 35.5. The Morgan fingerprint density at radius 1 is 1.19 bits per heavy atom. The summed E-state index contributed by atoms with van der Waals surface area (Å²) in [7, 11) is 0. The zero-order chi connectivity index (χ0) is 12.5. The van der Waals surface area contributed by atoms with E-state index in [1.54, 1.807) is 0 Å². The molecule has 0 bridgehead atoms. The smallest absolute Gasteiger partial charge is 0.399 e. The first-order chi connectivity index (χ1) is 7.23. The van der Waals surface area contributed by atoms with Crippen LogP contribution in [0, 0.1) is 0 Å². The van der Waals surface area contributed by atoms with Crippen LogP contribution < -0.4 is 5.73 Å². The molecule has 0 spiro atoms. The average molecular weight is 258 g/mol. The predicted molar refractivity (Wildman–Crippen MR) is 51.1 cm³/mol. The van der Waals surface area contributed by atoms with Crippen molar-refractivity contribution in [2.24, 2.45) is 0 Å². The van der Waals surface area contributed by atoms with E-state index in [4.69, 9.17) is 17.3 Å². The van der Waals surface area contributed by atoms with Crippen LogP contribution in [0.2, 0.25) is 5.02 Å². The second-order valence-electron chi connectivity index (χ2n) is 2.87. The third kappa shape index (κ3) is 2.63. The topological polar surface area (TPSA) is 26.0 Å². The molecule has 0 fully saturated rings. The fourth-order valence-electron chi connectivity index (χ4n) is 0.952. The number of anilines is 1. The van der Waals surface area contributed by atoms with Crippen LogP contribution in [0.3, 0.4) is 0 Å². The molecular weight excluding hydrogens is 253 g/mol. The zero-order valence-electron chi connectivity index (χ0n) is 7.58. The minimum Gasteiger partial charge on any atom is -0.399 e. The Labute approximate surface area is 92.3 Å². The maximum atomic E-state index is 13.1. The van der Waals surface area contributed by atoms with Gasteiger partial charge in [-0.2, -0.15) is 17.6 Å². The van der Waals surface area contributed by atoms with Gasteiger partial charge < -0.3 is 5.73 Å². The van der Waals surface area contributed by atoms with Gasteiger partial charge >= 0.3 is 6.18 Å². The number of hydrogen-bond donors (Lipinski definition) is 1. The first-order valence-electron chi connectivity index (χ1n) is 3.91. The standard InChI is InChI=1S/C9H5ClF5N/c10-6-3-4(16)1-2-5(6)7(11)8(12)9(13,14)15/h1-3H,16H2/b8-7-. The van der Waals surface area contributed by atoms with Gasteiger partial charge in [0.1, 0.15) is 0 Å². The van der Waals surface area contributed by atoms with Gasteiger partial charge in [0.15, 0.2) is 5.83 Å². The van der Waals surface area contributed by atoms with Gasteiger partial charge in [0.05, 0.1) is 5.02 Å². The maximum absolute atomic E-state index is 13.1. The van der Waals surface area contributed by atoms with Gasteiger partial charge in [0, 0.05) is 11.3 Å². The number of alkyl halides is 3. The van der Waals surface area contributed by atoms with Crippen molar-refractivity contribution >= 4 is 23.1 Å². The molecule has 1 aromatic rings. The molecule has 7 heteroatoms. The Balaban J connectivity index is 3.29. The van der Waals surface area contributed by atoms with Gasteiger partial charge in [0.25, 0.3) is 0 Å². The number of benzene rings is 1. The molecule has 0 saturated heterocycles. The molecule has 0 amide bonds. The summed E-state index contributed by atoms with van der Waals surface area (Å²) >= 11 is 5.43. The van der Waals surface area contributed by atoms with Gasteiger partial charge in [-0.05, 0) is 18.2 Å². The summed E-state index contributed by atoms with van der Waals surface area (Å²) in [6.07, 6.45) is -5.38. The fourth-order valence-corrected chi connectivity index (χ4v) is 1.22. The second kappa shape index (κ2) is 4.29. The van der Waals surface area contributed by atoms with E-state index in [0.717, 1.165) is 18.2 Å². The van der Waals surface area contributed by atoms with Gasteiger partial charge in [-0.1, -0.05) is 11.6 Å². The quantitative estimate of drug-likeness (QED) is 0.595. The number of allylic oxidation sites excluding steroid dienone is 1. The van der Waals surface area contributed by atoms with Gasteiger partial charge in [-0.15, -0.1) is 0 Å². The van der Waals surface area contributed by atoms with E-state index in [9.17, 15) is 22.0 Å². The lowest BCUT2D eigenvalue weighted by Crippen LogP contribution is -2.09. The molecule has 0 aromatic heterocycles. The average Bonchev–Trinajstić information content (AvgIpc) is 2.14. The molecule has 1 nitrogen and oxygen atoms in total. The van der Waals surface area contributed by atoms with Crippen molar-refractivity contribution in [1.82, 2.24) is 0 Å².